The van der Waals surface area contributed by atoms with Gasteiger partial charge >= 0.3 is 0 Å². The lowest BCUT2D eigenvalue weighted by Gasteiger charge is -2.10. The Kier molecular flexibility index (Phi) is 4.51. The van der Waals surface area contributed by atoms with Crippen molar-refractivity contribution in [2.45, 2.75) is 6.54 Å². The molecule has 2 aromatic carbocycles. The summed E-state index contributed by atoms with van der Waals surface area (Å²) in [5.74, 6) is 1.23. The fourth-order valence-electron chi connectivity index (χ4n) is 1.43. The van der Waals surface area contributed by atoms with Crippen LogP contribution in [-0.2, 0) is 6.54 Å². The van der Waals surface area contributed by atoms with E-state index in [1.165, 1.54) is 0 Å². The van der Waals surface area contributed by atoms with Crippen LogP contribution >= 0.6 is 39.1 Å². The minimum absolute atomic E-state index is 0.449. The highest BCUT2D eigenvalue weighted by molar-refractivity contribution is 9.10. The van der Waals surface area contributed by atoms with E-state index in [-0.39, 0.29) is 0 Å². The maximum absolute atomic E-state index is 6.12. The average molecular weight is 347 g/mol. The van der Waals surface area contributed by atoms with Gasteiger partial charge in [0.1, 0.15) is 11.5 Å². The summed E-state index contributed by atoms with van der Waals surface area (Å²) in [7, 11) is 0. The first-order chi connectivity index (χ1) is 8.60. The van der Waals surface area contributed by atoms with E-state index in [4.69, 9.17) is 33.7 Å². The summed E-state index contributed by atoms with van der Waals surface area (Å²) in [6.45, 7) is 0.449. The second-order valence-corrected chi connectivity index (χ2v) is 5.34. The van der Waals surface area contributed by atoms with Crippen molar-refractivity contribution in [3.8, 4) is 11.5 Å². The molecule has 0 fully saturated rings. The van der Waals surface area contributed by atoms with Crippen molar-refractivity contribution in [1.82, 2.24) is 0 Å². The second kappa shape index (κ2) is 5.93. The van der Waals surface area contributed by atoms with Gasteiger partial charge in [-0.2, -0.15) is 0 Å². The third-order valence-corrected chi connectivity index (χ3v) is 3.50. The van der Waals surface area contributed by atoms with Crippen LogP contribution in [0.4, 0.5) is 0 Å². The third-order valence-electron chi connectivity index (χ3n) is 2.35. The van der Waals surface area contributed by atoms with Crippen molar-refractivity contribution in [1.29, 1.82) is 0 Å². The number of hydrogen-bond donors (Lipinski definition) is 1. The highest BCUT2D eigenvalue weighted by atomic mass is 79.9. The van der Waals surface area contributed by atoms with Gasteiger partial charge in [-0.3, -0.25) is 0 Å². The Hall–Kier alpha value is -0.740. The molecule has 0 aliphatic rings. The van der Waals surface area contributed by atoms with Crippen LogP contribution in [0.5, 0.6) is 11.5 Å². The molecule has 0 radical (unpaired) electrons. The van der Waals surface area contributed by atoms with Gasteiger partial charge in [-0.15, -0.1) is 0 Å². The molecule has 2 rings (SSSR count). The van der Waals surface area contributed by atoms with E-state index in [9.17, 15) is 0 Å². The molecule has 2 nitrogen and oxygen atoms in total. The lowest BCUT2D eigenvalue weighted by Crippen LogP contribution is -1.96. The van der Waals surface area contributed by atoms with E-state index in [1.54, 1.807) is 30.3 Å². The van der Waals surface area contributed by atoms with Crippen LogP contribution in [0.3, 0.4) is 0 Å². The summed E-state index contributed by atoms with van der Waals surface area (Å²) in [5.41, 5.74) is 6.50. The van der Waals surface area contributed by atoms with Crippen LogP contribution in [0.1, 0.15) is 5.56 Å². The van der Waals surface area contributed by atoms with Gasteiger partial charge in [0.05, 0.1) is 9.50 Å². The number of rotatable bonds is 3. The molecule has 0 aliphatic carbocycles. The van der Waals surface area contributed by atoms with E-state index >= 15 is 0 Å². The van der Waals surface area contributed by atoms with E-state index in [2.05, 4.69) is 15.9 Å². The molecule has 0 unspecified atom stereocenters. The number of benzene rings is 2. The molecule has 5 heteroatoms. The zero-order valence-corrected chi connectivity index (χ0v) is 12.4. The smallest absolute Gasteiger partial charge is 0.146 e. The summed E-state index contributed by atoms with van der Waals surface area (Å²) in [4.78, 5) is 0. The molecule has 0 atom stereocenters. The molecular weight excluding hydrogens is 337 g/mol. The maximum atomic E-state index is 6.12. The van der Waals surface area contributed by atoms with Crippen LogP contribution < -0.4 is 10.5 Å². The van der Waals surface area contributed by atoms with Crippen LogP contribution in [-0.4, -0.2) is 0 Å². The molecule has 0 aromatic heterocycles. The van der Waals surface area contributed by atoms with Crippen molar-refractivity contribution in [3.05, 3.63) is 56.5 Å². The summed E-state index contributed by atoms with van der Waals surface area (Å²) < 4.78 is 6.49. The van der Waals surface area contributed by atoms with Gasteiger partial charge in [0, 0.05) is 11.6 Å². The Morgan fingerprint density at radius 3 is 2.39 bits per heavy atom. The molecule has 0 bridgehead atoms. The largest absolute Gasteiger partial charge is 0.455 e. The Bertz CT molecular complexity index is 575. The number of hydrogen-bond acceptors (Lipinski definition) is 2. The Morgan fingerprint density at radius 1 is 1.06 bits per heavy atom. The van der Waals surface area contributed by atoms with Crippen molar-refractivity contribution < 1.29 is 4.74 Å². The molecule has 0 spiro atoms. The van der Waals surface area contributed by atoms with Gasteiger partial charge in [0.2, 0.25) is 0 Å². The Balaban J connectivity index is 2.28. The standard InChI is InChI=1S/C13H10BrCl2NO/c14-10-6-9(15)2-4-12(10)18-13-3-1-8(7-17)5-11(13)16/h1-6H,7,17H2. The minimum atomic E-state index is 0.449. The topological polar surface area (TPSA) is 35.2 Å². The Labute approximate surface area is 124 Å². The lowest BCUT2D eigenvalue weighted by molar-refractivity contribution is 0.479. The molecule has 0 saturated carbocycles. The van der Waals surface area contributed by atoms with E-state index in [1.807, 2.05) is 6.07 Å². The molecule has 0 aliphatic heterocycles. The van der Waals surface area contributed by atoms with Crippen molar-refractivity contribution >= 4 is 39.1 Å². The monoisotopic (exact) mass is 345 g/mol. The van der Waals surface area contributed by atoms with Gasteiger partial charge in [0.15, 0.2) is 0 Å². The highest BCUT2D eigenvalue weighted by Gasteiger charge is 2.07. The average Bonchev–Trinajstić information content (AvgIpc) is 2.34. The van der Waals surface area contributed by atoms with E-state index in [0.29, 0.717) is 28.1 Å². The number of ether oxygens (including phenoxy) is 1. The zero-order chi connectivity index (χ0) is 13.1. The summed E-state index contributed by atoms with van der Waals surface area (Å²) in [6, 6.07) is 10.8. The van der Waals surface area contributed by atoms with Crippen molar-refractivity contribution in [2.24, 2.45) is 5.73 Å². The van der Waals surface area contributed by atoms with Crippen molar-refractivity contribution in [2.75, 3.05) is 0 Å². The Morgan fingerprint density at radius 2 is 1.78 bits per heavy atom. The SMILES string of the molecule is NCc1ccc(Oc2ccc(Cl)cc2Br)c(Cl)c1. The molecule has 94 valence electrons. The maximum Gasteiger partial charge on any atom is 0.146 e. The third kappa shape index (κ3) is 3.18. The first-order valence-electron chi connectivity index (χ1n) is 5.21. The molecule has 2 N–H and O–H groups in total. The van der Waals surface area contributed by atoms with Crippen LogP contribution in [0.2, 0.25) is 10.0 Å². The van der Waals surface area contributed by atoms with Gasteiger partial charge in [0.25, 0.3) is 0 Å². The minimum Gasteiger partial charge on any atom is -0.455 e. The fourth-order valence-corrected chi connectivity index (χ4v) is 2.44. The normalized spacial score (nSPS) is 10.4. The molecule has 2 aromatic rings. The highest BCUT2D eigenvalue weighted by Crippen LogP contribution is 2.35. The zero-order valence-electron chi connectivity index (χ0n) is 9.29. The first-order valence-corrected chi connectivity index (χ1v) is 6.76. The van der Waals surface area contributed by atoms with E-state index < -0.39 is 0 Å². The summed E-state index contributed by atoms with van der Waals surface area (Å²) >= 11 is 15.4. The van der Waals surface area contributed by atoms with E-state index in [0.717, 1.165) is 10.0 Å². The molecule has 18 heavy (non-hydrogen) atoms. The summed E-state index contributed by atoms with van der Waals surface area (Å²) in [6.07, 6.45) is 0. The van der Waals surface area contributed by atoms with Crippen LogP contribution in [0, 0.1) is 0 Å². The predicted molar refractivity (Wildman–Crippen MR) is 78.6 cm³/mol. The molecule has 0 heterocycles. The number of nitrogens with two attached hydrogens (primary N) is 1. The fraction of sp³-hybridized carbons (Fsp3) is 0.0769. The molecule has 0 saturated heterocycles. The second-order valence-electron chi connectivity index (χ2n) is 3.65. The number of halogens is 3. The quantitative estimate of drug-likeness (QED) is 0.848. The van der Waals surface area contributed by atoms with Gasteiger partial charge < -0.3 is 10.5 Å². The van der Waals surface area contributed by atoms with Crippen molar-refractivity contribution in [3.63, 3.8) is 0 Å². The lowest BCUT2D eigenvalue weighted by atomic mass is 10.2. The molecular formula is C13H10BrCl2NO. The molecule has 0 amide bonds. The van der Waals surface area contributed by atoms with Gasteiger partial charge in [-0.1, -0.05) is 29.3 Å². The van der Waals surface area contributed by atoms with Crippen LogP contribution in [0.25, 0.3) is 0 Å². The predicted octanol–water partition coefficient (Wildman–Crippen LogP) is 5.01. The van der Waals surface area contributed by atoms with Gasteiger partial charge in [-0.25, -0.2) is 0 Å². The summed E-state index contributed by atoms with van der Waals surface area (Å²) in [5, 5.41) is 1.17. The first kappa shape index (κ1) is 13.7. The van der Waals surface area contributed by atoms with Crippen LogP contribution in [0.15, 0.2) is 40.9 Å². The van der Waals surface area contributed by atoms with Gasteiger partial charge in [-0.05, 0) is 51.8 Å².